The molecule has 0 unspecified atom stereocenters. The van der Waals surface area contributed by atoms with Crippen LogP contribution in [0.1, 0.15) is 106 Å². The molecule has 2 aliphatic carbocycles. The van der Waals surface area contributed by atoms with E-state index in [-0.39, 0.29) is 20.1 Å². The average Bonchev–Trinajstić information content (AvgIpc) is 2.87. The summed E-state index contributed by atoms with van der Waals surface area (Å²) in [4.78, 5) is 0. The molecule has 0 spiro atoms. The molecule has 3 heteroatoms. The van der Waals surface area contributed by atoms with Crippen molar-refractivity contribution in [3.63, 3.8) is 0 Å². The molecule has 2 nitrogen and oxygen atoms in total. The van der Waals surface area contributed by atoms with Gasteiger partial charge in [0, 0.05) is 0 Å². The Balaban J connectivity index is 0.00000167. The summed E-state index contributed by atoms with van der Waals surface area (Å²) >= 11 is 0. The summed E-state index contributed by atoms with van der Waals surface area (Å²) in [6.07, 6.45) is 14.4. The summed E-state index contributed by atoms with van der Waals surface area (Å²) in [5.41, 5.74) is 4.25. The summed E-state index contributed by atoms with van der Waals surface area (Å²) < 4.78 is 12.7. The maximum atomic E-state index is 6.37. The van der Waals surface area contributed by atoms with E-state index in [2.05, 4.69) is 70.2 Å². The Morgan fingerprint density at radius 2 is 1.09 bits per heavy atom. The minimum atomic E-state index is -0.213. The number of hydrogen-bond acceptors (Lipinski definition) is 2. The predicted molar refractivity (Wildman–Crippen MR) is 155 cm³/mol. The minimum absolute atomic E-state index is 0.128. The molecule has 0 amide bonds. The second kappa shape index (κ2) is 14.3. The lowest BCUT2D eigenvalue weighted by atomic mass is 9.99. The van der Waals surface area contributed by atoms with Gasteiger partial charge in [-0.05, 0) is 87.7 Å². The molecule has 0 atom stereocenters. The van der Waals surface area contributed by atoms with Crippen LogP contribution in [0.5, 0.6) is 11.5 Å². The fourth-order valence-electron chi connectivity index (χ4n) is 5.80. The van der Waals surface area contributed by atoms with Crippen LogP contribution in [0.25, 0.3) is 11.1 Å². The molecule has 0 radical (unpaired) electrons. The number of hydrogen-bond donors (Lipinski definition) is 0. The number of benzene rings is 2. The lowest BCUT2D eigenvalue weighted by molar-refractivity contribution is 0.231. The molecule has 2 aromatic rings. The van der Waals surface area contributed by atoms with Crippen molar-refractivity contribution in [1.29, 1.82) is 0 Å². The van der Waals surface area contributed by atoms with E-state index in [4.69, 9.17) is 9.47 Å². The van der Waals surface area contributed by atoms with E-state index in [1.54, 1.807) is 5.30 Å². The Kier molecular flexibility index (Phi) is 11.4. The summed E-state index contributed by atoms with van der Waals surface area (Å²) in [7, 11) is -0.213. The Hall–Kier alpha value is -1.53. The summed E-state index contributed by atoms with van der Waals surface area (Å²) in [6, 6.07) is 15.6. The van der Waals surface area contributed by atoms with Crippen molar-refractivity contribution in [2.24, 2.45) is 0 Å². The Morgan fingerprint density at radius 3 is 1.54 bits per heavy atom. The van der Waals surface area contributed by atoms with Crippen molar-refractivity contribution >= 4 is 13.2 Å². The van der Waals surface area contributed by atoms with Gasteiger partial charge in [-0.1, -0.05) is 90.6 Å². The Labute approximate surface area is 217 Å². The van der Waals surface area contributed by atoms with Gasteiger partial charge in [-0.15, -0.1) is 0 Å². The molecule has 2 saturated carbocycles. The van der Waals surface area contributed by atoms with Gasteiger partial charge in [0.15, 0.2) is 0 Å². The highest BCUT2D eigenvalue weighted by Gasteiger charge is 2.34. The van der Waals surface area contributed by atoms with Gasteiger partial charge in [-0.2, -0.15) is 0 Å². The van der Waals surface area contributed by atoms with Crippen molar-refractivity contribution in [2.45, 2.75) is 129 Å². The predicted octanol–water partition coefficient (Wildman–Crippen LogP) is 9.73. The third-order valence-electron chi connectivity index (χ3n) is 7.10. The highest BCUT2D eigenvalue weighted by atomic mass is 31.1. The lowest BCUT2D eigenvalue weighted by Crippen LogP contribution is -2.27. The van der Waals surface area contributed by atoms with Crippen LogP contribution >= 0.6 is 7.92 Å². The van der Waals surface area contributed by atoms with Gasteiger partial charge in [0.25, 0.3) is 0 Å². The van der Waals surface area contributed by atoms with E-state index in [0.717, 1.165) is 28.4 Å². The van der Waals surface area contributed by atoms with E-state index in [0.29, 0.717) is 0 Å². The van der Waals surface area contributed by atoms with Gasteiger partial charge in [0.1, 0.15) is 11.5 Å². The van der Waals surface area contributed by atoms with Crippen LogP contribution in [0.3, 0.4) is 0 Å². The van der Waals surface area contributed by atoms with Crippen LogP contribution in [0, 0.1) is 0 Å². The molecule has 0 aliphatic heterocycles. The van der Waals surface area contributed by atoms with E-state index in [1.165, 1.54) is 69.8 Å². The Bertz CT molecular complexity index is 833. The van der Waals surface area contributed by atoms with Crippen molar-refractivity contribution in [3.8, 4) is 22.6 Å². The number of ether oxygens (including phenoxy) is 2. The van der Waals surface area contributed by atoms with E-state index >= 15 is 0 Å². The molecule has 35 heavy (non-hydrogen) atoms. The zero-order valence-corrected chi connectivity index (χ0v) is 24.1. The molecule has 0 heterocycles. The third-order valence-corrected chi connectivity index (χ3v) is 10.7. The molecule has 0 N–H and O–H groups in total. The normalized spacial score (nSPS) is 17.4. The quantitative estimate of drug-likeness (QED) is 0.339. The van der Waals surface area contributed by atoms with Gasteiger partial charge < -0.3 is 9.47 Å². The third kappa shape index (κ3) is 7.48. The maximum Gasteiger partial charge on any atom is 0.131 e. The van der Waals surface area contributed by atoms with E-state index in [9.17, 15) is 0 Å². The summed E-state index contributed by atoms with van der Waals surface area (Å²) in [5.74, 6) is 1.91. The largest absolute Gasteiger partial charge is 0.490 e. The van der Waals surface area contributed by atoms with Crippen molar-refractivity contribution in [2.75, 3.05) is 0 Å². The second-order valence-electron chi connectivity index (χ2n) is 10.5. The zero-order chi connectivity index (χ0) is 25.2. The van der Waals surface area contributed by atoms with Crippen molar-refractivity contribution < 1.29 is 9.47 Å². The first-order valence-corrected chi connectivity index (χ1v) is 15.9. The highest BCUT2D eigenvalue weighted by Crippen LogP contribution is 2.57. The van der Waals surface area contributed by atoms with Gasteiger partial charge in [0.05, 0.1) is 17.8 Å². The van der Waals surface area contributed by atoms with Crippen LogP contribution in [0.4, 0.5) is 0 Å². The fourth-order valence-corrected chi connectivity index (χ4v) is 9.75. The summed E-state index contributed by atoms with van der Waals surface area (Å²) in [6.45, 7) is 12.5. The Morgan fingerprint density at radius 1 is 0.629 bits per heavy atom. The topological polar surface area (TPSA) is 18.5 Å². The molecule has 0 aromatic heterocycles. The molecule has 4 rings (SSSR count). The molecule has 2 fully saturated rings. The van der Waals surface area contributed by atoms with E-state index in [1.807, 2.05) is 13.8 Å². The molecule has 194 valence electrons. The van der Waals surface area contributed by atoms with Crippen LogP contribution < -0.4 is 14.8 Å². The van der Waals surface area contributed by atoms with Gasteiger partial charge in [-0.25, -0.2) is 0 Å². The monoisotopic (exact) mass is 496 g/mol. The fraction of sp³-hybridized carbons (Fsp3) is 0.625. The lowest BCUT2D eigenvalue weighted by Gasteiger charge is -2.39. The SMILES string of the molecule is CC.CC(C)Oc1cccc(OC(C)C)c1-c1ccccc1P(C1CCCCC1)C1CCCCC1. The first kappa shape index (κ1) is 28.0. The maximum absolute atomic E-state index is 6.37. The van der Waals surface area contributed by atoms with Crippen LogP contribution in [-0.2, 0) is 0 Å². The van der Waals surface area contributed by atoms with Crippen LogP contribution in [-0.4, -0.2) is 23.5 Å². The molecular formula is C32H49O2P. The van der Waals surface area contributed by atoms with Gasteiger partial charge in [0.2, 0.25) is 0 Å². The number of rotatable bonds is 8. The summed E-state index contributed by atoms with van der Waals surface area (Å²) in [5, 5.41) is 1.60. The molecule has 2 aromatic carbocycles. The second-order valence-corrected chi connectivity index (χ2v) is 13.2. The van der Waals surface area contributed by atoms with E-state index < -0.39 is 0 Å². The first-order valence-electron chi connectivity index (χ1n) is 14.4. The van der Waals surface area contributed by atoms with Crippen molar-refractivity contribution in [1.82, 2.24) is 0 Å². The van der Waals surface area contributed by atoms with Crippen LogP contribution in [0.15, 0.2) is 42.5 Å². The highest BCUT2D eigenvalue weighted by molar-refractivity contribution is 7.67. The smallest absolute Gasteiger partial charge is 0.131 e. The first-order chi connectivity index (χ1) is 17.0. The molecule has 0 bridgehead atoms. The van der Waals surface area contributed by atoms with Crippen LogP contribution in [0.2, 0.25) is 0 Å². The molecular weight excluding hydrogens is 447 g/mol. The standard InChI is InChI=1S/C30H43O2P.C2H6/c1-22(2)31-27-19-13-20-28(32-23(3)4)30(27)26-18-11-12-21-29(26)33(24-14-7-5-8-15-24)25-16-9-6-10-17-25;1-2/h11-13,18-25H,5-10,14-17H2,1-4H3;1-2H3. The zero-order valence-electron chi connectivity index (χ0n) is 23.2. The average molecular weight is 497 g/mol. The molecule has 2 aliphatic rings. The van der Waals surface area contributed by atoms with Gasteiger partial charge >= 0.3 is 0 Å². The molecule has 0 saturated heterocycles. The van der Waals surface area contributed by atoms with Crippen molar-refractivity contribution in [3.05, 3.63) is 42.5 Å². The minimum Gasteiger partial charge on any atom is -0.490 e. The van der Waals surface area contributed by atoms with Gasteiger partial charge in [-0.3, -0.25) is 0 Å².